The van der Waals surface area contributed by atoms with Crippen LogP contribution < -0.4 is 11.1 Å². The van der Waals surface area contributed by atoms with E-state index in [1.165, 1.54) is 24.5 Å². The minimum atomic E-state index is -1.19. The number of nitrogen functional groups attached to an aromatic ring is 1. The number of nitrogens with two attached hydrogens (primary N) is 1. The molecule has 0 unspecified atom stereocenters. The Kier molecular flexibility index (Phi) is 7.88. The van der Waals surface area contributed by atoms with Crippen LogP contribution >= 0.6 is 15.9 Å². The number of fused-ring (bicyclic) bond motifs is 1. The molecule has 0 aliphatic rings. The first kappa shape index (κ1) is 24.3. The molecule has 0 aliphatic heterocycles. The molecule has 34 heavy (non-hydrogen) atoms. The molecule has 0 fully saturated rings. The number of halogens is 1. The van der Waals surface area contributed by atoms with Crippen LogP contribution in [0.3, 0.4) is 0 Å². The number of hydrogen-bond donors (Lipinski definition) is 4. The van der Waals surface area contributed by atoms with Crippen molar-refractivity contribution < 1.29 is 24.6 Å². The minimum Gasteiger partial charge on any atom is -0.476 e. The molecule has 1 amide bonds. The van der Waals surface area contributed by atoms with Crippen LogP contribution in [-0.2, 0) is 5.33 Å². The number of pyridine rings is 2. The van der Waals surface area contributed by atoms with Crippen LogP contribution in [0.4, 0.5) is 11.4 Å². The van der Waals surface area contributed by atoms with Crippen LogP contribution in [0.2, 0.25) is 0 Å². The molecule has 0 saturated carbocycles. The molecular weight excluding hydrogens is 504 g/mol. The van der Waals surface area contributed by atoms with Crippen molar-refractivity contribution in [3.63, 3.8) is 0 Å². The summed E-state index contributed by atoms with van der Waals surface area (Å²) in [7, 11) is 0. The van der Waals surface area contributed by atoms with E-state index in [9.17, 15) is 19.5 Å². The van der Waals surface area contributed by atoms with Gasteiger partial charge in [-0.1, -0.05) is 46.3 Å². The molecule has 0 saturated heterocycles. The van der Waals surface area contributed by atoms with E-state index in [1.807, 2.05) is 30.3 Å². The Labute approximate surface area is 202 Å². The maximum atomic E-state index is 12.7. The molecule has 2 aromatic carbocycles. The standard InChI is InChI=1S/C18H13BrN2O3.C6H6N2O2/c19-10-11-7-8-14(13-5-2-1-4-12(11)13)17(22)21-15-6-3-9-20-16(15)18(23)24;7-4-2-1-3-8-5(4)6(9)10/h1-9H,10H2,(H,21,22)(H,23,24);1-3H,7H2,(H,9,10). The van der Waals surface area contributed by atoms with Gasteiger partial charge < -0.3 is 21.3 Å². The molecule has 0 spiro atoms. The summed E-state index contributed by atoms with van der Waals surface area (Å²) in [6.45, 7) is 0. The Bertz CT molecular complexity index is 1380. The number of alkyl halides is 1. The molecular formula is C24H19BrN4O5. The maximum Gasteiger partial charge on any atom is 0.356 e. The highest BCUT2D eigenvalue weighted by molar-refractivity contribution is 9.08. The number of carbonyl (C=O) groups is 3. The van der Waals surface area contributed by atoms with Gasteiger partial charge in [0.1, 0.15) is 0 Å². The molecule has 0 aliphatic carbocycles. The van der Waals surface area contributed by atoms with Crippen molar-refractivity contribution in [2.45, 2.75) is 5.33 Å². The number of hydrogen-bond acceptors (Lipinski definition) is 6. The van der Waals surface area contributed by atoms with E-state index >= 15 is 0 Å². The molecule has 5 N–H and O–H groups in total. The van der Waals surface area contributed by atoms with Crippen molar-refractivity contribution in [1.29, 1.82) is 0 Å². The van der Waals surface area contributed by atoms with Gasteiger partial charge in [0.2, 0.25) is 0 Å². The molecule has 2 aromatic heterocycles. The van der Waals surface area contributed by atoms with Gasteiger partial charge in [0.05, 0.1) is 11.4 Å². The van der Waals surface area contributed by atoms with Gasteiger partial charge in [0.15, 0.2) is 11.4 Å². The van der Waals surface area contributed by atoms with E-state index in [-0.39, 0.29) is 28.7 Å². The Morgan fingerprint density at radius 2 is 1.44 bits per heavy atom. The molecule has 9 nitrogen and oxygen atoms in total. The number of nitrogens with zero attached hydrogens (tertiary/aromatic N) is 2. The van der Waals surface area contributed by atoms with E-state index < -0.39 is 11.9 Å². The van der Waals surface area contributed by atoms with Crippen molar-refractivity contribution in [1.82, 2.24) is 9.97 Å². The van der Waals surface area contributed by atoms with Crippen molar-refractivity contribution >= 4 is 55.9 Å². The summed E-state index contributed by atoms with van der Waals surface area (Å²) in [4.78, 5) is 41.5. The first-order valence-electron chi connectivity index (χ1n) is 9.83. The number of rotatable bonds is 5. The highest BCUT2D eigenvalue weighted by atomic mass is 79.9. The third-order valence-corrected chi connectivity index (χ3v) is 5.31. The molecule has 0 radical (unpaired) electrons. The minimum absolute atomic E-state index is 0.0949. The van der Waals surface area contributed by atoms with Gasteiger partial charge in [-0.15, -0.1) is 0 Å². The predicted molar refractivity (Wildman–Crippen MR) is 131 cm³/mol. The third-order valence-electron chi connectivity index (χ3n) is 4.70. The fourth-order valence-corrected chi connectivity index (χ4v) is 3.63. The normalized spacial score (nSPS) is 10.1. The highest BCUT2D eigenvalue weighted by Gasteiger charge is 2.16. The lowest BCUT2D eigenvalue weighted by Crippen LogP contribution is -2.16. The summed E-state index contributed by atoms with van der Waals surface area (Å²) in [5.74, 6) is -2.66. The fraction of sp³-hybridized carbons (Fsp3) is 0.0417. The number of aromatic carboxylic acids is 2. The summed E-state index contributed by atoms with van der Waals surface area (Å²) < 4.78 is 0. The average Bonchev–Trinajstić information content (AvgIpc) is 2.84. The third kappa shape index (κ3) is 5.54. The number of carboxylic acid groups (broad SMARTS) is 2. The van der Waals surface area contributed by atoms with Crippen LogP contribution in [0.15, 0.2) is 73.1 Å². The largest absolute Gasteiger partial charge is 0.476 e. The SMILES string of the molecule is Nc1cccnc1C(=O)O.O=C(O)c1ncccc1NC(=O)c1ccc(CBr)c2ccccc12. The van der Waals surface area contributed by atoms with E-state index in [1.54, 1.807) is 18.2 Å². The van der Waals surface area contributed by atoms with Crippen molar-refractivity contribution in [3.8, 4) is 0 Å². The van der Waals surface area contributed by atoms with Gasteiger partial charge in [-0.2, -0.15) is 0 Å². The lowest BCUT2D eigenvalue weighted by Gasteiger charge is -2.11. The molecule has 4 rings (SSSR count). The van der Waals surface area contributed by atoms with E-state index in [2.05, 4.69) is 31.2 Å². The topological polar surface area (TPSA) is 156 Å². The summed E-state index contributed by atoms with van der Waals surface area (Å²) in [5, 5.41) is 22.7. The smallest absolute Gasteiger partial charge is 0.356 e. The van der Waals surface area contributed by atoms with Gasteiger partial charge >= 0.3 is 11.9 Å². The summed E-state index contributed by atoms with van der Waals surface area (Å²) in [6, 6.07) is 17.4. The quantitative estimate of drug-likeness (QED) is 0.280. The number of carboxylic acids is 2. The van der Waals surface area contributed by atoms with Gasteiger partial charge in [-0.05, 0) is 46.7 Å². The van der Waals surface area contributed by atoms with E-state index in [0.717, 1.165) is 16.3 Å². The Morgan fingerprint density at radius 3 is 2.03 bits per heavy atom. The molecule has 0 atom stereocenters. The molecule has 10 heteroatoms. The Balaban J connectivity index is 0.000000271. The number of benzene rings is 2. The van der Waals surface area contributed by atoms with Gasteiger partial charge in [0.25, 0.3) is 5.91 Å². The molecule has 4 aromatic rings. The van der Waals surface area contributed by atoms with Crippen LogP contribution in [0.25, 0.3) is 10.8 Å². The number of aromatic nitrogens is 2. The second-order valence-electron chi connectivity index (χ2n) is 6.86. The van der Waals surface area contributed by atoms with Crippen molar-refractivity contribution in [3.05, 3.63) is 95.6 Å². The number of carbonyl (C=O) groups excluding carboxylic acids is 1. The molecule has 2 heterocycles. The Morgan fingerprint density at radius 1 is 0.824 bits per heavy atom. The van der Waals surface area contributed by atoms with Crippen LogP contribution in [-0.4, -0.2) is 38.0 Å². The fourth-order valence-electron chi connectivity index (χ4n) is 3.14. The first-order chi connectivity index (χ1) is 16.3. The zero-order valence-electron chi connectivity index (χ0n) is 17.6. The zero-order chi connectivity index (χ0) is 24.7. The molecule has 172 valence electrons. The monoisotopic (exact) mass is 522 g/mol. The van der Waals surface area contributed by atoms with Crippen LogP contribution in [0.1, 0.15) is 36.9 Å². The van der Waals surface area contributed by atoms with Crippen LogP contribution in [0.5, 0.6) is 0 Å². The van der Waals surface area contributed by atoms with Gasteiger partial charge in [0, 0.05) is 23.3 Å². The molecule has 0 bridgehead atoms. The van der Waals surface area contributed by atoms with Crippen molar-refractivity contribution in [2.24, 2.45) is 0 Å². The number of amides is 1. The Hall–Kier alpha value is -4.31. The number of nitrogens with one attached hydrogen (secondary N) is 1. The first-order valence-corrected chi connectivity index (χ1v) is 11.0. The van der Waals surface area contributed by atoms with Crippen molar-refractivity contribution in [2.75, 3.05) is 11.1 Å². The maximum absolute atomic E-state index is 12.7. The zero-order valence-corrected chi connectivity index (χ0v) is 19.2. The average molecular weight is 523 g/mol. The summed E-state index contributed by atoms with van der Waals surface area (Å²) >= 11 is 3.45. The second kappa shape index (κ2) is 11.0. The van der Waals surface area contributed by atoms with Crippen LogP contribution in [0, 0.1) is 0 Å². The lowest BCUT2D eigenvalue weighted by atomic mass is 10.00. The second-order valence-corrected chi connectivity index (χ2v) is 7.42. The predicted octanol–water partition coefficient (Wildman–Crippen LogP) is 4.44. The van der Waals surface area contributed by atoms with E-state index in [4.69, 9.17) is 10.8 Å². The lowest BCUT2D eigenvalue weighted by molar-refractivity contribution is 0.0681. The van der Waals surface area contributed by atoms with Gasteiger partial charge in [-0.3, -0.25) is 4.79 Å². The number of anilines is 2. The van der Waals surface area contributed by atoms with E-state index in [0.29, 0.717) is 10.9 Å². The summed E-state index contributed by atoms with van der Waals surface area (Å²) in [5.41, 5.74) is 6.92. The highest BCUT2D eigenvalue weighted by Crippen LogP contribution is 2.25. The summed E-state index contributed by atoms with van der Waals surface area (Å²) in [6.07, 6.45) is 2.76. The van der Waals surface area contributed by atoms with Gasteiger partial charge in [-0.25, -0.2) is 19.6 Å².